The van der Waals surface area contributed by atoms with Gasteiger partial charge in [0.15, 0.2) is 5.78 Å². The summed E-state index contributed by atoms with van der Waals surface area (Å²) in [5, 5.41) is 22.3. The lowest BCUT2D eigenvalue weighted by Crippen LogP contribution is -2.66. The second-order valence-electron chi connectivity index (χ2n) is 21.4. The van der Waals surface area contributed by atoms with Crippen LogP contribution in [0.4, 0.5) is 0 Å². The molecule has 1 aromatic rings. The molecule has 1 aromatic heterocycles. The summed E-state index contributed by atoms with van der Waals surface area (Å²) in [4.78, 5) is 60.8. The summed E-state index contributed by atoms with van der Waals surface area (Å²) in [7, 11) is 3.76. The number of carboxylic acids is 1. The first-order chi connectivity index (χ1) is 26.4. The predicted molar refractivity (Wildman–Crippen MR) is 220 cm³/mol. The highest BCUT2D eigenvalue weighted by molar-refractivity contribution is 6.00. The van der Waals surface area contributed by atoms with Crippen LogP contribution < -0.4 is 0 Å². The zero-order valence-corrected chi connectivity index (χ0v) is 36.7. The third-order valence-electron chi connectivity index (χ3n) is 16.8. The van der Waals surface area contributed by atoms with Crippen molar-refractivity contribution in [1.82, 2.24) is 14.8 Å². The van der Waals surface area contributed by atoms with Crippen LogP contribution in [-0.4, -0.2) is 88.0 Å². The van der Waals surface area contributed by atoms with Gasteiger partial charge >= 0.3 is 11.9 Å². The van der Waals surface area contributed by atoms with E-state index in [1.54, 1.807) is 31.1 Å². The number of allylic oxidation sites excluding steroid dienone is 1. The number of Topliss-reactive ketones (excluding diaryl/α,β-unsaturated/α-hetero) is 1. The number of aliphatic hydroxyl groups excluding tert-OH is 1. The van der Waals surface area contributed by atoms with E-state index in [9.17, 15) is 29.4 Å². The minimum Gasteiger partial charge on any atom is -0.481 e. The minimum atomic E-state index is -1.18. The number of aliphatic hydroxyl groups is 1. The highest BCUT2D eigenvalue weighted by Crippen LogP contribution is 2.77. The number of aliphatic carboxylic acids is 1. The quantitative estimate of drug-likeness (QED) is 0.204. The molecule has 10 nitrogen and oxygen atoms in total. The van der Waals surface area contributed by atoms with Gasteiger partial charge in [0.1, 0.15) is 6.10 Å². The number of ether oxygens (including phenoxy) is 1. The first-order valence-corrected chi connectivity index (χ1v) is 21.6. The van der Waals surface area contributed by atoms with E-state index in [1.807, 2.05) is 31.1 Å². The van der Waals surface area contributed by atoms with Crippen molar-refractivity contribution in [2.75, 3.05) is 27.2 Å². The van der Waals surface area contributed by atoms with Gasteiger partial charge in [0, 0.05) is 42.7 Å². The average Bonchev–Trinajstić information content (AvgIpc) is 3.42. The Kier molecular flexibility index (Phi) is 11.6. The number of pyridine rings is 1. The van der Waals surface area contributed by atoms with Crippen LogP contribution in [0.3, 0.4) is 0 Å². The summed E-state index contributed by atoms with van der Waals surface area (Å²) >= 11 is 0. The molecule has 1 amide bonds. The fourth-order valence-corrected chi connectivity index (χ4v) is 13.6. The summed E-state index contributed by atoms with van der Waals surface area (Å²) in [5.41, 5.74) is 0.796. The van der Waals surface area contributed by atoms with Gasteiger partial charge in [-0.05, 0) is 142 Å². The van der Waals surface area contributed by atoms with Gasteiger partial charge in [-0.15, -0.1) is 0 Å². The van der Waals surface area contributed by atoms with Crippen molar-refractivity contribution >= 4 is 23.6 Å². The highest BCUT2D eigenvalue weighted by Gasteiger charge is 2.71. The lowest BCUT2D eigenvalue weighted by Gasteiger charge is -2.72. The van der Waals surface area contributed by atoms with Crippen molar-refractivity contribution in [3.05, 3.63) is 41.2 Å². The Morgan fingerprint density at radius 3 is 2.21 bits per heavy atom. The lowest BCUT2D eigenvalue weighted by molar-refractivity contribution is -0.235. The van der Waals surface area contributed by atoms with Crippen molar-refractivity contribution in [2.45, 2.75) is 145 Å². The van der Waals surface area contributed by atoms with Crippen LogP contribution in [0, 0.1) is 56.2 Å². The van der Waals surface area contributed by atoms with Crippen LogP contribution >= 0.6 is 0 Å². The van der Waals surface area contributed by atoms with E-state index >= 15 is 0 Å². The van der Waals surface area contributed by atoms with Crippen molar-refractivity contribution in [1.29, 1.82) is 0 Å². The largest absolute Gasteiger partial charge is 0.481 e. The number of carbonyl (C=O) groups excluding carboxylic acids is 3. The SMILES string of the molecule is CC(C)C1=C2C3CCC4C5(C)CCC(OC(=O)CC(C)(C)C(=O)O)C(C)(C)C5CCC4(C)C3(C)CCC2(C(O)CN(Cc2ccncc2)C(=O)CN(C)C)CC1=O. The number of fused-ring (bicyclic) bond motifs is 7. The number of carbonyl (C=O) groups is 4. The zero-order valence-electron chi connectivity index (χ0n) is 36.7. The van der Waals surface area contributed by atoms with E-state index in [4.69, 9.17) is 4.74 Å². The van der Waals surface area contributed by atoms with Crippen molar-refractivity contribution < 1.29 is 34.1 Å². The maximum Gasteiger partial charge on any atom is 0.309 e. The number of aromatic nitrogens is 1. The zero-order chi connectivity index (χ0) is 42.1. The van der Waals surface area contributed by atoms with Crippen molar-refractivity contribution in [3.63, 3.8) is 0 Å². The van der Waals surface area contributed by atoms with Crippen molar-refractivity contribution in [3.8, 4) is 0 Å². The first kappa shape index (κ1) is 43.5. The van der Waals surface area contributed by atoms with Gasteiger partial charge in [-0.1, -0.05) is 54.0 Å². The molecule has 0 aromatic carbocycles. The number of likely N-dealkylation sites (N-methyl/N-ethyl adjacent to an activating group) is 1. The van der Waals surface area contributed by atoms with Gasteiger partial charge < -0.3 is 24.7 Å². The van der Waals surface area contributed by atoms with Gasteiger partial charge in [-0.25, -0.2) is 0 Å². The molecule has 0 spiro atoms. The van der Waals surface area contributed by atoms with Crippen LogP contribution in [0.15, 0.2) is 35.7 Å². The molecule has 0 aliphatic heterocycles. The molecule has 0 radical (unpaired) electrons. The summed E-state index contributed by atoms with van der Waals surface area (Å²) < 4.78 is 6.18. The number of carboxylic acid groups (broad SMARTS) is 1. The molecule has 6 rings (SSSR count). The monoisotopic (exact) mass is 790 g/mol. The standard InChI is InChI=1S/C47H71N3O7/c1-29(2)39-32(51)24-47(35(52)27-50(37(53)28-49(10)11)26-30-16-22-48-23-17-30)21-20-45(8)31(40(39)47)12-13-34-44(7)18-15-36(57-38(54)25-42(3,4)41(55)56)43(5,6)33(44)14-19-46(34,45)9/h16-17,22-23,29,31,33-36,52H,12-15,18-21,24-28H2,1-11H3,(H,55,56). The van der Waals surface area contributed by atoms with Gasteiger partial charge in [-0.2, -0.15) is 0 Å². The Bertz CT molecular complexity index is 1770. The molecule has 0 saturated heterocycles. The van der Waals surface area contributed by atoms with E-state index < -0.39 is 28.9 Å². The second kappa shape index (κ2) is 15.2. The molecule has 10 heteroatoms. The van der Waals surface area contributed by atoms with Gasteiger partial charge in [0.05, 0.1) is 24.5 Å². The fourth-order valence-electron chi connectivity index (χ4n) is 13.6. The Balaban J connectivity index is 1.30. The molecule has 9 unspecified atom stereocenters. The Morgan fingerprint density at radius 1 is 0.930 bits per heavy atom. The predicted octanol–water partition coefficient (Wildman–Crippen LogP) is 7.73. The van der Waals surface area contributed by atoms with Crippen molar-refractivity contribution in [2.24, 2.45) is 56.2 Å². The van der Waals surface area contributed by atoms with Gasteiger partial charge in [-0.3, -0.25) is 24.2 Å². The Morgan fingerprint density at radius 2 is 1.60 bits per heavy atom. The molecule has 4 saturated carbocycles. The van der Waals surface area contributed by atoms with Crippen LogP contribution in [0.1, 0.15) is 132 Å². The summed E-state index contributed by atoms with van der Waals surface area (Å²) in [6.45, 7) is 20.2. The maximum absolute atomic E-state index is 14.3. The number of rotatable bonds is 12. The van der Waals surface area contributed by atoms with Crippen LogP contribution in [0.25, 0.3) is 0 Å². The highest BCUT2D eigenvalue weighted by atomic mass is 16.5. The second-order valence-corrected chi connectivity index (χ2v) is 21.4. The third-order valence-corrected chi connectivity index (χ3v) is 16.8. The van der Waals surface area contributed by atoms with E-state index in [0.29, 0.717) is 31.2 Å². The number of hydrogen-bond acceptors (Lipinski definition) is 8. The molecular weight excluding hydrogens is 719 g/mol. The summed E-state index contributed by atoms with van der Waals surface area (Å²) in [6, 6.07) is 3.82. The molecule has 5 aliphatic carbocycles. The van der Waals surface area contributed by atoms with Crippen LogP contribution in [0.2, 0.25) is 0 Å². The average molecular weight is 790 g/mol. The number of ketones is 1. The van der Waals surface area contributed by atoms with E-state index in [2.05, 4.69) is 53.5 Å². The normalized spacial score (nSPS) is 35.2. The number of esters is 1. The summed E-state index contributed by atoms with van der Waals surface area (Å²) in [5.74, 6) is -0.384. The Labute approximate surface area is 341 Å². The van der Waals surface area contributed by atoms with Crippen LogP contribution in [-0.2, 0) is 30.5 Å². The molecule has 4 fully saturated rings. The molecule has 57 heavy (non-hydrogen) atoms. The van der Waals surface area contributed by atoms with E-state index in [-0.39, 0.29) is 70.8 Å². The van der Waals surface area contributed by atoms with Gasteiger partial charge in [0.25, 0.3) is 0 Å². The molecule has 5 aliphatic rings. The minimum absolute atomic E-state index is 0.0147. The molecule has 9 atom stereocenters. The van der Waals surface area contributed by atoms with Crippen LogP contribution in [0.5, 0.6) is 0 Å². The smallest absolute Gasteiger partial charge is 0.309 e. The Hall–Kier alpha value is -3.11. The molecule has 2 N–H and O–H groups in total. The number of nitrogens with zero attached hydrogens (tertiary/aromatic N) is 3. The molecule has 1 heterocycles. The van der Waals surface area contributed by atoms with Gasteiger partial charge in [0.2, 0.25) is 5.91 Å². The number of hydrogen-bond donors (Lipinski definition) is 2. The van der Waals surface area contributed by atoms with E-state index in [1.165, 1.54) is 5.57 Å². The first-order valence-electron chi connectivity index (χ1n) is 21.6. The third kappa shape index (κ3) is 7.20. The lowest BCUT2D eigenvalue weighted by atomic mass is 9.33. The topological polar surface area (TPSA) is 137 Å². The summed E-state index contributed by atoms with van der Waals surface area (Å²) in [6.07, 6.45) is 9.78. The molecule has 316 valence electrons. The molecule has 0 bridgehead atoms. The maximum atomic E-state index is 14.3. The fraction of sp³-hybridized carbons (Fsp3) is 0.766. The number of amides is 1. The van der Waals surface area contributed by atoms with E-state index in [0.717, 1.165) is 56.1 Å². The molecular formula is C47H71N3O7.